The lowest BCUT2D eigenvalue weighted by atomic mass is 10.0. The summed E-state index contributed by atoms with van der Waals surface area (Å²) in [4.78, 5) is 12.4. The van der Waals surface area contributed by atoms with E-state index in [1.54, 1.807) is 7.05 Å². The van der Waals surface area contributed by atoms with Crippen LogP contribution in [0.5, 0.6) is 0 Å². The van der Waals surface area contributed by atoms with Crippen molar-refractivity contribution in [3.05, 3.63) is 16.3 Å². The van der Waals surface area contributed by atoms with Crippen molar-refractivity contribution < 1.29 is 4.92 Å². The molecule has 0 saturated carbocycles. The van der Waals surface area contributed by atoms with Gasteiger partial charge in [-0.3, -0.25) is 14.8 Å². The van der Waals surface area contributed by atoms with Crippen LogP contribution in [0.2, 0.25) is 0 Å². The second-order valence-corrected chi connectivity index (χ2v) is 4.80. The average molecular weight is 253 g/mol. The number of hydrogen-bond acceptors (Lipinski definition) is 5. The van der Waals surface area contributed by atoms with E-state index in [2.05, 4.69) is 10.4 Å². The standard InChI is InChI=1S/C11H19N5O2/c1-14(7-9-5-3-4-6-12-9)11-10(16(17)18)8-15(2)13-11/h8-9,12H,3-7H2,1-2H3. The Hall–Kier alpha value is -1.63. The predicted octanol–water partition coefficient (Wildman–Crippen LogP) is 0.907. The van der Waals surface area contributed by atoms with Crippen LogP contribution in [-0.2, 0) is 7.05 Å². The highest BCUT2D eigenvalue weighted by atomic mass is 16.6. The average Bonchev–Trinajstić information content (AvgIpc) is 2.73. The number of aryl methyl sites for hydroxylation is 1. The molecular weight excluding hydrogens is 234 g/mol. The third kappa shape index (κ3) is 2.79. The Balaban J connectivity index is 2.07. The molecule has 18 heavy (non-hydrogen) atoms. The lowest BCUT2D eigenvalue weighted by Crippen LogP contribution is -2.42. The van der Waals surface area contributed by atoms with Crippen molar-refractivity contribution in [2.24, 2.45) is 7.05 Å². The quantitative estimate of drug-likeness (QED) is 0.637. The monoisotopic (exact) mass is 253 g/mol. The van der Waals surface area contributed by atoms with E-state index in [1.165, 1.54) is 23.7 Å². The molecule has 1 aromatic heterocycles. The fourth-order valence-corrected chi connectivity index (χ4v) is 2.36. The number of nitrogens with one attached hydrogen (secondary N) is 1. The van der Waals surface area contributed by atoms with E-state index in [4.69, 9.17) is 0 Å². The molecule has 100 valence electrons. The van der Waals surface area contributed by atoms with Crippen molar-refractivity contribution in [3.63, 3.8) is 0 Å². The minimum Gasteiger partial charge on any atom is -0.351 e. The van der Waals surface area contributed by atoms with Gasteiger partial charge in [-0.2, -0.15) is 0 Å². The van der Waals surface area contributed by atoms with E-state index < -0.39 is 0 Å². The van der Waals surface area contributed by atoms with Crippen molar-refractivity contribution >= 4 is 11.5 Å². The Morgan fingerprint density at radius 2 is 2.44 bits per heavy atom. The van der Waals surface area contributed by atoms with Crippen LogP contribution >= 0.6 is 0 Å². The first-order valence-corrected chi connectivity index (χ1v) is 6.20. The van der Waals surface area contributed by atoms with Crippen LogP contribution in [0.25, 0.3) is 0 Å². The first kappa shape index (κ1) is 12.8. The fraction of sp³-hybridized carbons (Fsp3) is 0.727. The molecule has 7 nitrogen and oxygen atoms in total. The molecule has 0 radical (unpaired) electrons. The number of aromatic nitrogens is 2. The van der Waals surface area contributed by atoms with Gasteiger partial charge in [-0.05, 0) is 19.4 Å². The highest BCUT2D eigenvalue weighted by molar-refractivity contribution is 5.56. The fourth-order valence-electron chi connectivity index (χ4n) is 2.36. The Morgan fingerprint density at radius 3 is 3.06 bits per heavy atom. The zero-order valence-corrected chi connectivity index (χ0v) is 10.8. The molecule has 0 bridgehead atoms. The summed E-state index contributed by atoms with van der Waals surface area (Å²) in [6, 6.07) is 0.394. The molecular formula is C11H19N5O2. The summed E-state index contributed by atoms with van der Waals surface area (Å²) in [5, 5.41) is 18.5. The van der Waals surface area contributed by atoms with Gasteiger partial charge in [0.15, 0.2) is 0 Å². The molecule has 1 aromatic rings. The van der Waals surface area contributed by atoms with Gasteiger partial charge in [0.25, 0.3) is 0 Å². The van der Waals surface area contributed by atoms with Gasteiger partial charge in [0.05, 0.1) is 4.92 Å². The van der Waals surface area contributed by atoms with Crippen LogP contribution in [0.3, 0.4) is 0 Å². The molecule has 0 aromatic carbocycles. The smallest absolute Gasteiger partial charge is 0.330 e. The lowest BCUT2D eigenvalue weighted by molar-refractivity contribution is -0.384. The van der Waals surface area contributed by atoms with Gasteiger partial charge in [0.2, 0.25) is 5.82 Å². The van der Waals surface area contributed by atoms with Crippen LogP contribution < -0.4 is 10.2 Å². The molecule has 1 aliphatic rings. The van der Waals surface area contributed by atoms with Gasteiger partial charge in [-0.15, -0.1) is 5.10 Å². The van der Waals surface area contributed by atoms with Crippen molar-refractivity contribution in [1.82, 2.24) is 15.1 Å². The van der Waals surface area contributed by atoms with E-state index in [0.29, 0.717) is 11.9 Å². The van der Waals surface area contributed by atoms with Gasteiger partial charge in [0.1, 0.15) is 6.20 Å². The molecule has 0 aliphatic carbocycles. The summed E-state index contributed by atoms with van der Waals surface area (Å²) in [7, 11) is 3.55. The van der Waals surface area contributed by atoms with Gasteiger partial charge < -0.3 is 10.2 Å². The zero-order valence-electron chi connectivity index (χ0n) is 10.8. The Kier molecular flexibility index (Phi) is 3.81. The molecule has 1 saturated heterocycles. The molecule has 1 N–H and O–H groups in total. The second kappa shape index (κ2) is 5.34. The largest absolute Gasteiger partial charge is 0.351 e. The van der Waals surface area contributed by atoms with Crippen LogP contribution in [0, 0.1) is 10.1 Å². The van der Waals surface area contributed by atoms with Crippen molar-refractivity contribution in [2.75, 3.05) is 25.0 Å². The molecule has 1 unspecified atom stereocenters. The summed E-state index contributed by atoms with van der Waals surface area (Å²) >= 11 is 0. The van der Waals surface area contributed by atoms with Gasteiger partial charge in [-0.1, -0.05) is 6.42 Å². The molecule has 0 amide bonds. The number of anilines is 1. The molecule has 2 rings (SSSR count). The van der Waals surface area contributed by atoms with E-state index >= 15 is 0 Å². The number of nitro groups is 1. The van der Waals surface area contributed by atoms with Crippen LogP contribution in [0.15, 0.2) is 6.20 Å². The number of piperidine rings is 1. The number of hydrogen-bond donors (Lipinski definition) is 1. The Morgan fingerprint density at radius 1 is 1.67 bits per heavy atom. The van der Waals surface area contributed by atoms with E-state index in [-0.39, 0.29) is 10.6 Å². The van der Waals surface area contributed by atoms with Crippen molar-refractivity contribution in [3.8, 4) is 0 Å². The lowest BCUT2D eigenvalue weighted by Gasteiger charge is -2.27. The predicted molar refractivity (Wildman–Crippen MR) is 68.8 cm³/mol. The van der Waals surface area contributed by atoms with E-state index in [9.17, 15) is 10.1 Å². The molecule has 1 fully saturated rings. The molecule has 7 heteroatoms. The molecule has 0 spiro atoms. The van der Waals surface area contributed by atoms with Gasteiger partial charge >= 0.3 is 5.69 Å². The first-order chi connectivity index (χ1) is 8.58. The van der Waals surface area contributed by atoms with Crippen LogP contribution in [0.1, 0.15) is 19.3 Å². The maximum Gasteiger partial charge on any atom is 0.330 e. The van der Waals surface area contributed by atoms with Gasteiger partial charge in [-0.25, -0.2) is 0 Å². The van der Waals surface area contributed by atoms with Gasteiger partial charge in [0, 0.05) is 26.7 Å². The van der Waals surface area contributed by atoms with E-state index in [1.807, 2.05) is 11.9 Å². The van der Waals surface area contributed by atoms with E-state index in [0.717, 1.165) is 19.5 Å². The van der Waals surface area contributed by atoms with Crippen LogP contribution in [0.4, 0.5) is 11.5 Å². The molecule has 2 heterocycles. The number of likely N-dealkylation sites (N-methyl/N-ethyl adjacent to an activating group) is 1. The maximum absolute atomic E-state index is 10.9. The highest BCUT2D eigenvalue weighted by Gasteiger charge is 2.24. The third-order valence-electron chi connectivity index (χ3n) is 3.26. The second-order valence-electron chi connectivity index (χ2n) is 4.80. The molecule has 1 aliphatic heterocycles. The minimum absolute atomic E-state index is 0.0656. The van der Waals surface area contributed by atoms with Crippen LogP contribution in [-0.4, -0.2) is 40.9 Å². The first-order valence-electron chi connectivity index (χ1n) is 6.20. The summed E-state index contributed by atoms with van der Waals surface area (Å²) in [5.41, 5.74) is 0.0656. The van der Waals surface area contributed by atoms with Crippen molar-refractivity contribution in [1.29, 1.82) is 0 Å². The number of nitrogens with zero attached hydrogens (tertiary/aromatic N) is 4. The normalized spacial score (nSPS) is 19.8. The summed E-state index contributed by atoms with van der Waals surface area (Å²) in [6.07, 6.45) is 4.99. The third-order valence-corrected chi connectivity index (χ3v) is 3.26. The number of rotatable bonds is 4. The maximum atomic E-state index is 10.9. The summed E-state index contributed by atoms with van der Waals surface area (Å²) in [6.45, 7) is 1.78. The topological polar surface area (TPSA) is 76.2 Å². The molecule has 1 atom stereocenters. The summed E-state index contributed by atoms with van der Waals surface area (Å²) in [5.74, 6) is 0.440. The highest BCUT2D eigenvalue weighted by Crippen LogP contribution is 2.25. The minimum atomic E-state index is -0.382. The zero-order chi connectivity index (χ0) is 13.1. The Labute approximate surface area is 106 Å². The summed E-state index contributed by atoms with van der Waals surface area (Å²) < 4.78 is 1.48. The Bertz CT molecular complexity index is 425. The van der Waals surface area contributed by atoms with Crippen molar-refractivity contribution in [2.45, 2.75) is 25.3 Å². The SMILES string of the molecule is CN(CC1CCCCN1)c1nn(C)cc1[N+](=O)[O-].